The summed E-state index contributed by atoms with van der Waals surface area (Å²) in [6.07, 6.45) is 7.19. The van der Waals surface area contributed by atoms with Crippen LogP contribution in [0.2, 0.25) is 0 Å². The van der Waals surface area contributed by atoms with Crippen LogP contribution in [0.1, 0.15) is 25.7 Å². The Kier molecular flexibility index (Phi) is 2.38. The number of rotatable bonds is 0. The minimum atomic E-state index is 0.983. The van der Waals surface area contributed by atoms with E-state index in [9.17, 15) is 0 Å². The molecule has 1 heterocycles. The molecular formula is C7H12N2. The van der Waals surface area contributed by atoms with Crippen LogP contribution in [0, 0.1) is 11.5 Å². The lowest BCUT2D eigenvalue weighted by molar-refractivity contribution is 0.408. The van der Waals surface area contributed by atoms with E-state index in [4.69, 9.17) is 5.26 Å². The van der Waals surface area contributed by atoms with Crippen LogP contribution in [-0.4, -0.2) is 18.0 Å². The van der Waals surface area contributed by atoms with Crippen LogP contribution in [0.15, 0.2) is 0 Å². The molecule has 0 atom stereocenters. The predicted octanol–water partition coefficient (Wildman–Crippen LogP) is 1.34. The largest absolute Gasteiger partial charge is 0.311 e. The fourth-order valence-electron chi connectivity index (χ4n) is 1.17. The van der Waals surface area contributed by atoms with E-state index in [1.807, 2.05) is 4.90 Å². The number of likely N-dealkylation sites (tertiary alicyclic amines) is 1. The zero-order chi connectivity index (χ0) is 6.53. The van der Waals surface area contributed by atoms with Crippen molar-refractivity contribution in [3.05, 3.63) is 0 Å². The summed E-state index contributed by atoms with van der Waals surface area (Å²) in [5, 5.41) is 8.49. The lowest BCUT2D eigenvalue weighted by atomic mass is 10.2. The molecule has 0 aromatic carbocycles. The van der Waals surface area contributed by atoms with Gasteiger partial charge in [0, 0.05) is 13.1 Å². The van der Waals surface area contributed by atoms with Gasteiger partial charge in [0.2, 0.25) is 0 Å². The van der Waals surface area contributed by atoms with E-state index in [1.54, 1.807) is 0 Å². The third kappa shape index (κ3) is 1.93. The van der Waals surface area contributed by atoms with Crippen molar-refractivity contribution in [1.29, 1.82) is 5.26 Å². The molecule has 1 rings (SSSR count). The fraction of sp³-hybridized carbons (Fsp3) is 0.857. The third-order valence-electron chi connectivity index (χ3n) is 1.75. The van der Waals surface area contributed by atoms with Crippen LogP contribution < -0.4 is 0 Å². The van der Waals surface area contributed by atoms with Crippen molar-refractivity contribution >= 4 is 0 Å². The predicted molar refractivity (Wildman–Crippen MR) is 35.7 cm³/mol. The Morgan fingerprint density at radius 3 is 2.00 bits per heavy atom. The highest BCUT2D eigenvalue weighted by molar-refractivity contribution is 4.74. The van der Waals surface area contributed by atoms with E-state index in [-0.39, 0.29) is 0 Å². The molecule has 1 aliphatic rings. The molecule has 0 bridgehead atoms. The molecule has 2 heteroatoms. The van der Waals surface area contributed by atoms with Crippen molar-refractivity contribution in [2.45, 2.75) is 25.7 Å². The lowest BCUT2D eigenvalue weighted by Gasteiger charge is -2.09. The normalized spacial score (nSPS) is 20.6. The first-order chi connectivity index (χ1) is 4.43. The van der Waals surface area contributed by atoms with E-state index < -0.39 is 0 Å². The molecule has 0 N–H and O–H groups in total. The average Bonchev–Trinajstić information content (AvgIpc) is 2.13. The Morgan fingerprint density at radius 2 is 1.56 bits per heavy atom. The second kappa shape index (κ2) is 3.34. The second-order valence-electron chi connectivity index (χ2n) is 2.50. The smallest absolute Gasteiger partial charge is 0.179 e. The molecule has 0 unspecified atom stereocenters. The van der Waals surface area contributed by atoms with Crippen molar-refractivity contribution in [3.8, 4) is 6.19 Å². The summed E-state index contributed by atoms with van der Waals surface area (Å²) in [5.41, 5.74) is 0. The Bertz CT molecular complexity index is 107. The second-order valence-corrected chi connectivity index (χ2v) is 2.50. The highest BCUT2D eigenvalue weighted by Crippen LogP contribution is 2.07. The van der Waals surface area contributed by atoms with Gasteiger partial charge < -0.3 is 4.90 Å². The Morgan fingerprint density at radius 1 is 1.00 bits per heavy atom. The summed E-state index contributed by atoms with van der Waals surface area (Å²) >= 11 is 0. The molecule has 2 nitrogen and oxygen atoms in total. The monoisotopic (exact) mass is 124 g/mol. The quantitative estimate of drug-likeness (QED) is 0.456. The Labute approximate surface area is 56.1 Å². The van der Waals surface area contributed by atoms with Gasteiger partial charge in [-0.25, -0.2) is 0 Å². The van der Waals surface area contributed by atoms with E-state index in [2.05, 4.69) is 6.19 Å². The number of nitrogens with zero attached hydrogens (tertiary/aromatic N) is 2. The van der Waals surface area contributed by atoms with Gasteiger partial charge in [0.05, 0.1) is 0 Å². The molecule has 50 valence electrons. The van der Waals surface area contributed by atoms with Crippen molar-refractivity contribution in [2.24, 2.45) is 0 Å². The molecule has 0 aliphatic carbocycles. The highest BCUT2D eigenvalue weighted by atomic mass is 15.1. The third-order valence-corrected chi connectivity index (χ3v) is 1.75. The molecule has 1 fully saturated rings. The van der Waals surface area contributed by atoms with E-state index >= 15 is 0 Å². The van der Waals surface area contributed by atoms with Gasteiger partial charge in [-0.1, -0.05) is 12.8 Å². The molecule has 0 saturated carbocycles. The van der Waals surface area contributed by atoms with E-state index in [0.29, 0.717) is 0 Å². The first-order valence-electron chi connectivity index (χ1n) is 3.58. The average molecular weight is 124 g/mol. The van der Waals surface area contributed by atoms with Gasteiger partial charge in [0.15, 0.2) is 6.19 Å². The first kappa shape index (κ1) is 6.41. The van der Waals surface area contributed by atoms with Crippen molar-refractivity contribution < 1.29 is 0 Å². The van der Waals surface area contributed by atoms with Crippen LogP contribution in [-0.2, 0) is 0 Å². The van der Waals surface area contributed by atoms with Crippen LogP contribution in [0.5, 0.6) is 0 Å². The topological polar surface area (TPSA) is 27.0 Å². The van der Waals surface area contributed by atoms with Gasteiger partial charge in [-0.15, -0.1) is 0 Å². The summed E-state index contributed by atoms with van der Waals surface area (Å²) in [6, 6.07) is 0. The van der Waals surface area contributed by atoms with Gasteiger partial charge in [-0.05, 0) is 12.8 Å². The zero-order valence-corrected chi connectivity index (χ0v) is 5.64. The number of hydrogen-bond donors (Lipinski definition) is 0. The van der Waals surface area contributed by atoms with Crippen LogP contribution in [0.3, 0.4) is 0 Å². The molecule has 0 radical (unpaired) electrons. The van der Waals surface area contributed by atoms with Gasteiger partial charge in [-0.3, -0.25) is 0 Å². The van der Waals surface area contributed by atoms with E-state index in [0.717, 1.165) is 13.1 Å². The molecule has 0 aromatic heterocycles. The SMILES string of the molecule is N#CN1CCCCCC1. The van der Waals surface area contributed by atoms with Gasteiger partial charge >= 0.3 is 0 Å². The summed E-state index contributed by atoms with van der Waals surface area (Å²) in [4.78, 5) is 1.85. The molecule has 0 amide bonds. The molecule has 9 heavy (non-hydrogen) atoms. The van der Waals surface area contributed by atoms with Crippen LogP contribution >= 0.6 is 0 Å². The van der Waals surface area contributed by atoms with E-state index in [1.165, 1.54) is 25.7 Å². The number of nitriles is 1. The minimum Gasteiger partial charge on any atom is -0.311 e. The van der Waals surface area contributed by atoms with Crippen LogP contribution in [0.25, 0.3) is 0 Å². The van der Waals surface area contributed by atoms with Gasteiger partial charge in [0.1, 0.15) is 0 Å². The van der Waals surface area contributed by atoms with Gasteiger partial charge in [0.25, 0.3) is 0 Å². The molecule has 0 spiro atoms. The summed E-state index contributed by atoms with van der Waals surface area (Å²) in [5.74, 6) is 0. The standard InChI is InChI=1S/C7H12N2/c8-7-9-5-3-1-2-4-6-9/h1-6H2. The summed E-state index contributed by atoms with van der Waals surface area (Å²) in [6.45, 7) is 1.97. The maximum atomic E-state index is 8.49. The van der Waals surface area contributed by atoms with Crippen molar-refractivity contribution in [2.75, 3.05) is 13.1 Å². The Balaban J connectivity index is 2.29. The van der Waals surface area contributed by atoms with Crippen LogP contribution in [0.4, 0.5) is 0 Å². The summed E-state index contributed by atoms with van der Waals surface area (Å²) in [7, 11) is 0. The molecule has 1 aliphatic heterocycles. The van der Waals surface area contributed by atoms with Crippen molar-refractivity contribution in [3.63, 3.8) is 0 Å². The molecular weight excluding hydrogens is 112 g/mol. The fourth-order valence-corrected chi connectivity index (χ4v) is 1.17. The van der Waals surface area contributed by atoms with Crippen molar-refractivity contribution in [1.82, 2.24) is 4.90 Å². The Hall–Kier alpha value is -0.710. The lowest BCUT2D eigenvalue weighted by Crippen LogP contribution is -2.17. The first-order valence-corrected chi connectivity index (χ1v) is 3.58. The highest BCUT2D eigenvalue weighted by Gasteiger charge is 2.04. The van der Waals surface area contributed by atoms with Gasteiger partial charge in [-0.2, -0.15) is 5.26 Å². The summed E-state index contributed by atoms with van der Waals surface area (Å²) < 4.78 is 0. The maximum absolute atomic E-state index is 8.49. The maximum Gasteiger partial charge on any atom is 0.179 e. The zero-order valence-electron chi connectivity index (χ0n) is 5.64. The molecule has 0 aromatic rings. The minimum absolute atomic E-state index is 0.983. The molecule has 1 saturated heterocycles. The number of hydrogen-bond acceptors (Lipinski definition) is 2.